The number of carbonyl (C=O) groups is 1. The second-order valence-corrected chi connectivity index (χ2v) is 6.86. The van der Waals surface area contributed by atoms with Crippen LogP contribution in [0.2, 0.25) is 0 Å². The largest absolute Gasteiger partial charge is 0.347 e. The molecule has 144 valence electrons. The van der Waals surface area contributed by atoms with Crippen molar-refractivity contribution in [1.29, 1.82) is 0 Å². The molecule has 0 aliphatic heterocycles. The van der Waals surface area contributed by atoms with Crippen LogP contribution >= 0.6 is 12.4 Å². The Balaban J connectivity index is 0.00000338. The Morgan fingerprint density at radius 3 is 2.46 bits per heavy atom. The molecule has 1 heterocycles. The van der Waals surface area contributed by atoms with Crippen LogP contribution in [0.5, 0.6) is 0 Å². The molecule has 0 saturated carbocycles. The van der Waals surface area contributed by atoms with E-state index in [1.54, 1.807) is 4.68 Å². The Morgan fingerprint density at radius 2 is 1.88 bits per heavy atom. The smallest absolute Gasteiger partial charge is 0.291 e. The molecule has 6 nitrogen and oxygen atoms in total. The molecule has 1 amide bonds. The minimum absolute atomic E-state index is 0. The standard InChI is InChI=1S/C19H29N5O.ClH/c1-6-19(20,7-2)12-21-18(25)17-22-14(5)24(23-17)16-11-9-8-10-15(16)13(3)4;/h8-11,13H,6-7,12,20H2,1-5H3,(H,21,25);1H. The van der Waals surface area contributed by atoms with Crippen molar-refractivity contribution in [2.75, 3.05) is 6.54 Å². The molecule has 0 bridgehead atoms. The second-order valence-electron chi connectivity index (χ2n) is 6.86. The lowest BCUT2D eigenvalue weighted by Gasteiger charge is -2.26. The number of aryl methyl sites for hydroxylation is 1. The minimum atomic E-state index is -0.391. The summed E-state index contributed by atoms with van der Waals surface area (Å²) in [5.41, 5.74) is 7.97. The van der Waals surface area contributed by atoms with Crippen LogP contribution in [-0.4, -0.2) is 32.8 Å². The molecule has 1 aromatic carbocycles. The van der Waals surface area contributed by atoms with Crippen LogP contribution in [0.1, 0.15) is 68.5 Å². The Hall–Kier alpha value is -1.92. The van der Waals surface area contributed by atoms with Gasteiger partial charge in [-0.2, -0.15) is 0 Å². The highest BCUT2D eigenvalue weighted by Crippen LogP contribution is 2.23. The Bertz CT molecular complexity index is 737. The summed E-state index contributed by atoms with van der Waals surface area (Å²) in [6.07, 6.45) is 1.60. The van der Waals surface area contributed by atoms with Gasteiger partial charge in [0.05, 0.1) is 5.69 Å². The van der Waals surface area contributed by atoms with Gasteiger partial charge in [-0.3, -0.25) is 4.79 Å². The molecule has 3 N–H and O–H groups in total. The van der Waals surface area contributed by atoms with Crippen LogP contribution in [0.3, 0.4) is 0 Å². The predicted octanol–water partition coefficient (Wildman–Crippen LogP) is 3.37. The van der Waals surface area contributed by atoms with Crippen molar-refractivity contribution in [1.82, 2.24) is 20.1 Å². The number of nitrogens with zero attached hydrogens (tertiary/aromatic N) is 3. The Labute approximate surface area is 162 Å². The molecule has 0 unspecified atom stereocenters. The predicted molar refractivity (Wildman–Crippen MR) is 107 cm³/mol. The lowest BCUT2D eigenvalue weighted by molar-refractivity contribution is 0.0931. The molecule has 2 rings (SSSR count). The van der Waals surface area contributed by atoms with Crippen LogP contribution < -0.4 is 11.1 Å². The van der Waals surface area contributed by atoms with E-state index in [1.807, 2.05) is 39.0 Å². The van der Waals surface area contributed by atoms with Crippen LogP contribution in [0.4, 0.5) is 0 Å². The van der Waals surface area contributed by atoms with Crippen LogP contribution in [0.15, 0.2) is 24.3 Å². The number of carbonyl (C=O) groups excluding carboxylic acids is 1. The van der Waals surface area contributed by atoms with Gasteiger partial charge < -0.3 is 11.1 Å². The molecular formula is C19H30ClN5O. The number of hydrogen-bond acceptors (Lipinski definition) is 4. The van der Waals surface area contributed by atoms with Gasteiger partial charge in [-0.1, -0.05) is 45.9 Å². The fraction of sp³-hybridized carbons (Fsp3) is 0.526. The Morgan fingerprint density at radius 1 is 1.27 bits per heavy atom. The average molecular weight is 380 g/mol. The van der Waals surface area contributed by atoms with Crippen molar-refractivity contribution in [3.05, 3.63) is 41.5 Å². The van der Waals surface area contributed by atoms with E-state index in [0.717, 1.165) is 18.5 Å². The lowest BCUT2D eigenvalue weighted by atomic mass is 9.94. The number of benzene rings is 1. The first-order chi connectivity index (χ1) is 11.8. The number of nitrogens with one attached hydrogen (secondary N) is 1. The highest BCUT2D eigenvalue weighted by Gasteiger charge is 2.23. The summed E-state index contributed by atoms with van der Waals surface area (Å²) in [4.78, 5) is 16.8. The summed E-state index contributed by atoms with van der Waals surface area (Å²) in [5.74, 6) is 0.915. The van der Waals surface area contributed by atoms with Crippen LogP contribution in [-0.2, 0) is 0 Å². The zero-order valence-corrected chi connectivity index (χ0v) is 17.1. The van der Waals surface area contributed by atoms with E-state index < -0.39 is 5.54 Å². The van der Waals surface area contributed by atoms with Crippen molar-refractivity contribution < 1.29 is 4.79 Å². The molecular weight excluding hydrogens is 350 g/mol. The third-order valence-electron chi connectivity index (χ3n) is 4.77. The molecule has 0 aliphatic rings. The molecule has 7 heteroatoms. The van der Waals surface area contributed by atoms with E-state index in [-0.39, 0.29) is 24.1 Å². The molecule has 26 heavy (non-hydrogen) atoms. The normalized spacial score (nSPS) is 11.3. The van der Waals surface area contributed by atoms with Crippen LogP contribution in [0, 0.1) is 6.92 Å². The second kappa shape index (κ2) is 9.14. The molecule has 0 saturated heterocycles. The maximum absolute atomic E-state index is 12.4. The molecule has 0 fully saturated rings. The summed E-state index contributed by atoms with van der Waals surface area (Å²) in [6.45, 7) is 10.6. The fourth-order valence-electron chi connectivity index (χ4n) is 2.72. The topological polar surface area (TPSA) is 85.8 Å². The number of amides is 1. The first-order valence-corrected chi connectivity index (χ1v) is 8.91. The highest BCUT2D eigenvalue weighted by atomic mass is 35.5. The summed E-state index contributed by atoms with van der Waals surface area (Å²) in [5, 5.41) is 7.30. The maximum Gasteiger partial charge on any atom is 0.291 e. The van der Waals surface area contributed by atoms with Crippen molar-refractivity contribution in [2.24, 2.45) is 5.73 Å². The van der Waals surface area contributed by atoms with E-state index in [2.05, 4.69) is 35.3 Å². The van der Waals surface area contributed by atoms with Crippen molar-refractivity contribution in [3.63, 3.8) is 0 Å². The molecule has 0 aliphatic carbocycles. The number of rotatable bonds is 7. The van der Waals surface area contributed by atoms with Gasteiger partial charge in [0.2, 0.25) is 5.82 Å². The van der Waals surface area contributed by atoms with E-state index in [0.29, 0.717) is 18.3 Å². The monoisotopic (exact) mass is 379 g/mol. The summed E-state index contributed by atoms with van der Waals surface area (Å²) in [7, 11) is 0. The number of hydrogen-bond donors (Lipinski definition) is 2. The van der Waals surface area contributed by atoms with Gasteiger partial charge >= 0.3 is 0 Å². The summed E-state index contributed by atoms with van der Waals surface area (Å²) < 4.78 is 1.74. The van der Waals surface area contributed by atoms with Crippen molar-refractivity contribution >= 4 is 18.3 Å². The molecule has 0 radical (unpaired) electrons. The third kappa shape index (κ3) is 4.83. The number of nitrogens with two attached hydrogens (primary N) is 1. The quantitative estimate of drug-likeness (QED) is 0.772. The van der Waals surface area contributed by atoms with Gasteiger partial charge in [-0.25, -0.2) is 9.67 Å². The zero-order chi connectivity index (χ0) is 18.6. The van der Waals surface area contributed by atoms with Gasteiger partial charge in [0, 0.05) is 12.1 Å². The first kappa shape index (κ1) is 22.1. The van der Waals surface area contributed by atoms with E-state index >= 15 is 0 Å². The first-order valence-electron chi connectivity index (χ1n) is 8.91. The van der Waals surface area contributed by atoms with Gasteiger partial charge in [0.15, 0.2) is 0 Å². The molecule has 0 spiro atoms. The SMILES string of the molecule is CCC(N)(CC)CNC(=O)c1nc(C)n(-c2ccccc2C(C)C)n1.Cl. The van der Waals surface area contributed by atoms with Crippen molar-refractivity contribution in [3.8, 4) is 5.69 Å². The van der Waals surface area contributed by atoms with Gasteiger partial charge in [-0.15, -0.1) is 17.5 Å². The van der Waals surface area contributed by atoms with Gasteiger partial charge in [0.1, 0.15) is 5.82 Å². The molecule has 0 atom stereocenters. The van der Waals surface area contributed by atoms with E-state index in [1.165, 1.54) is 5.56 Å². The fourth-order valence-corrected chi connectivity index (χ4v) is 2.72. The van der Waals surface area contributed by atoms with Crippen molar-refractivity contribution in [2.45, 2.75) is 58.9 Å². The maximum atomic E-state index is 12.4. The Kier molecular flexibility index (Phi) is 7.78. The third-order valence-corrected chi connectivity index (χ3v) is 4.77. The molecule has 1 aromatic heterocycles. The summed E-state index contributed by atoms with van der Waals surface area (Å²) >= 11 is 0. The number of aromatic nitrogens is 3. The highest BCUT2D eigenvalue weighted by molar-refractivity contribution is 5.90. The van der Waals surface area contributed by atoms with E-state index in [9.17, 15) is 4.79 Å². The summed E-state index contributed by atoms with van der Waals surface area (Å²) in [6, 6.07) is 8.05. The van der Waals surface area contributed by atoms with Gasteiger partial charge in [0.25, 0.3) is 5.91 Å². The molecule has 2 aromatic rings. The van der Waals surface area contributed by atoms with E-state index in [4.69, 9.17) is 5.73 Å². The lowest BCUT2D eigenvalue weighted by Crippen LogP contribution is -2.49. The van der Waals surface area contributed by atoms with Gasteiger partial charge in [-0.05, 0) is 37.3 Å². The van der Waals surface area contributed by atoms with Crippen LogP contribution in [0.25, 0.3) is 5.69 Å². The minimum Gasteiger partial charge on any atom is -0.347 e. The number of halogens is 1. The number of para-hydroxylation sites is 1. The average Bonchev–Trinajstić information content (AvgIpc) is 3.01. The zero-order valence-electron chi connectivity index (χ0n) is 16.2.